The Morgan fingerprint density at radius 3 is 2.43 bits per heavy atom. The first-order valence-corrected chi connectivity index (χ1v) is 11.1. The molecule has 3 heterocycles. The number of aromatic nitrogens is 1. The molecule has 0 unspecified atom stereocenters. The van der Waals surface area contributed by atoms with Crippen LogP contribution in [0.25, 0.3) is 0 Å². The first-order chi connectivity index (χ1) is 14.4. The second-order valence-electron chi connectivity index (χ2n) is 7.99. The fraction of sp³-hybridized carbons (Fsp3) is 0.455. The minimum Gasteiger partial charge on any atom is -0.342 e. The first-order valence-electron chi connectivity index (χ1n) is 10.3. The molecule has 7 nitrogen and oxygen atoms in total. The van der Waals surface area contributed by atoms with E-state index >= 15 is 0 Å². The van der Waals surface area contributed by atoms with Gasteiger partial charge in [-0.1, -0.05) is 18.2 Å². The van der Waals surface area contributed by atoms with Gasteiger partial charge in [-0.2, -0.15) is 0 Å². The second kappa shape index (κ2) is 8.55. The monoisotopic (exact) mass is 426 g/mol. The van der Waals surface area contributed by atoms with Gasteiger partial charge in [0.05, 0.1) is 11.6 Å². The standard InChI is InChI=1S/C22H26N4O3S/c1-14-15(2)30-22(23-14)24-20(28)16-8-10-25(11-9-16)21(29)17-12-19(27)26(13-17)18-6-4-3-5-7-18/h3-7,16-17H,8-13H2,1-2H3,(H,23,24,28)/t17-/m0/s1. The van der Waals surface area contributed by atoms with E-state index in [1.54, 1.807) is 4.90 Å². The van der Waals surface area contributed by atoms with Crippen LogP contribution in [-0.2, 0) is 14.4 Å². The van der Waals surface area contributed by atoms with E-state index in [0.29, 0.717) is 37.6 Å². The number of amides is 3. The third kappa shape index (κ3) is 4.23. The highest BCUT2D eigenvalue weighted by molar-refractivity contribution is 7.15. The summed E-state index contributed by atoms with van der Waals surface area (Å²) in [6.07, 6.45) is 1.50. The van der Waals surface area contributed by atoms with Gasteiger partial charge in [-0.15, -0.1) is 11.3 Å². The van der Waals surface area contributed by atoms with Crippen LogP contribution in [0.15, 0.2) is 30.3 Å². The largest absolute Gasteiger partial charge is 0.342 e. The lowest BCUT2D eigenvalue weighted by molar-refractivity contribution is -0.138. The van der Waals surface area contributed by atoms with E-state index < -0.39 is 0 Å². The highest BCUT2D eigenvalue weighted by atomic mass is 32.1. The molecule has 8 heteroatoms. The van der Waals surface area contributed by atoms with Gasteiger partial charge in [-0.25, -0.2) is 4.98 Å². The minimum atomic E-state index is -0.315. The van der Waals surface area contributed by atoms with Crippen molar-refractivity contribution in [1.29, 1.82) is 0 Å². The van der Waals surface area contributed by atoms with Crippen LogP contribution in [0.5, 0.6) is 0 Å². The van der Waals surface area contributed by atoms with Crippen molar-refractivity contribution >= 4 is 39.9 Å². The van der Waals surface area contributed by atoms with Crippen molar-refractivity contribution in [2.24, 2.45) is 11.8 Å². The quantitative estimate of drug-likeness (QED) is 0.815. The van der Waals surface area contributed by atoms with Crippen LogP contribution in [0.4, 0.5) is 10.8 Å². The van der Waals surface area contributed by atoms with E-state index in [2.05, 4.69) is 10.3 Å². The Hall–Kier alpha value is -2.74. The third-order valence-corrected chi connectivity index (χ3v) is 6.97. The number of nitrogens with zero attached hydrogens (tertiary/aromatic N) is 3. The lowest BCUT2D eigenvalue weighted by Gasteiger charge is -2.32. The number of benzene rings is 1. The molecule has 2 aliphatic rings. The van der Waals surface area contributed by atoms with Gasteiger partial charge in [0.1, 0.15) is 0 Å². The van der Waals surface area contributed by atoms with Gasteiger partial charge >= 0.3 is 0 Å². The van der Waals surface area contributed by atoms with Gasteiger partial charge in [0.15, 0.2) is 5.13 Å². The van der Waals surface area contributed by atoms with Gasteiger partial charge in [0.25, 0.3) is 0 Å². The number of hydrogen-bond donors (Lipinski definition) is 1. The first kappa shape index (κ1) is 20.5. The lowest BCUT2D eigenvalue weighted by atomic mass is 9.94. The van der Waals surface area contributed by atoms with E-state index in [-0.39, 0.29) is 36.0 Å². The molecule has 158 valence electrons. The molecule has 0 aliphatic carbocycles. The van der Waals surface area contributed by atoms with Gasteiger partial charge in [0.2, 0.25) is 17.7 Å². The number of aryl methyl sites for hydroxylation is 2. The predicted molar refractivity (Wildman–Crippen MR) is 116 cm³/mol. The summed E-state index contributed by atoms with van der Waals surface area (Å²) in [4.78, 5) is 46.9. The molecule has 1 aromatic heterocycles. The molecule has 0 bridgehead atoms. The Bertz CT molecular complexity index is 931. The minimum absolute atomic E-state index is 0.0113. The molecule has 0 spiro atoms. The van der Waals surface area contributed by atoms with Crippen molar-refractivity contribution in [3.63, 3.8) is 0 Å². The Morgan fingerprint density at radius 2 is 1.80 bits per heavy atom. The van der Waals surface area contributed by atoms with Crippen LogP contribution in [0, 0.1) is 25.7 Å². The summed E-state index contributed by atoms with van der Waals surface area (Å²) in [5, 5.41) is 3.55. The van der Waals surface area contributed by atoms with Crippen molar-refractivity contribution in [3.8, 4) is 0 Å². The normalized spacial score (nSPS) is 19.9. The molecule has 2 aliphatic heterocycles. The van der Waals surface area contributed by atoms with Crippen molar-refractivity contribution in [3.05, 3.63) is 40.9 Å². The molecule has 30 heavy (non-hydrogen) atoms. The summed E-state index contributed by atoms with van der Waals surface area (Å²) in [5.41, 5.74) is 1.77. The van der Waals surface area contributed by atoms with Crippen LogP contribution >= 0.6 is 11.3 Å². The molecular weight excluding hydrogens is 400 g/mol. The second-order valence-corrected chi connectivity index (χ2v) is 9.19. The molecule has 2 aromatic rings. The zero-order chi connectivity index (χ0) is 21.3. The highest BCUT2D eigenvalue weighted by Crippen LogP contribution is 2.28. The Kier molecular flexibility index (Phi) is 5.85. The molecule has 3 amide bonds. The zero-order valence-corrected chi connectivity index (χ0v) is 18.1. The maximum absolute atomic E-state index is 13.0. The number of para-hydroxylation sites is 1. The highest BCUT2D eigenvalue weighted by Gasteiger charge is 2.38. The number of anilines is 2. The van der Waals surface area contributed by atoms with Crippen LogP contribution in [0.2, 0.25) is 0 Å². The van der Waals surface area contributed by atoms with Crippen LogP contribution < -0.4 is 10.2 Å². The summed E-state index contributed by atoms with van der Waals surface area (Å²) >= 11 is 1.48. The van der Waals surface area contributed by atoms with Gasteiger partial charge in [-0.3, -0.25) is 14.4 Å². The number of hydrogen-bond acceptors (Lipinski definition) is 5. The Morgan fingerprint density at radius 1 is 1.10 bits per heavy atom. The molecule has 4 rings (SSSR count). The zero-order valence-electron chi connectivity index (χ0n) is 17.3. The molecule has 2 saturated heterocycles. The summed E-state index contributed by atoms with van der Waals surface area (Å²) in [6, 6.07) is 9.47. The summed E-state index contributed by atoms with van der Waals surface area (Å²) in [5.74, 6) is -0.453. The fourth-order valence-corrected chi connectivity index (χ4v) is 4.90. The molecule has 2 fully saturated rings. The molecule has 0 saturated carbocycles. The summed E-state index contributed by atoms with van der Waals surface area (Å²) < 4.78 is 0. The van der Waals surface area contributed by atoms with Crippen LogP contribution in [0.1, 0.15) is 29.8 Å². The van der Waals surface area contributed by atoms with Gasteiger partial charge in [-0.05, 0) is 38.8 Å². The van der Waals surface area contributed by atoms with Gasteiger partial charge < -0.3 is 15.1 Å². The fourth-order valence-electron chi connectivity index (χ4n) is 4.08. The van der Waals surface area contributed by atoms with E-state index in [1.807, 2.05) is 49.1 Å². The smallest absolute Gasteiger partial charge is 0.229 e. The number of likely N-dealkylation sites (tertiary alicyclic amines) is 1. The summed E-state index contributed by atoms with van der Waals surface area (Å²) in [6.45, 7) is 5.42. The predicted octanol–water partition coefficient (Wildman–Crippen LogP) is 2.99. The summed E-state index contributed by atoms with van der Waals surface area (Å²) in [7, 11) is 0. The van der Waals surface area contributed by atoms with Crippen molar-refractivity contribution in [2.75, 3.05) is 29.9 Å². The molecular formula is C22H26N4O3S. The van der Waals surface area contributed by atoms with E-state index in [1.165, 1.54) is 11.3 Å². The third-order valence-electron chi connectivity index (χ3n) is 5.98. The average Bonchev–Trinajstić information content (AvgIpc) is 3.29. The maximum Gasteiger partial charge on any atom is 0.229 e. The number of carbonyl (C=O) groups is 3. The molecule has 1 aromatic carbocycles. The molecule has 1 N–H and O–H groups in total. The average molecular weight is 427 g/mol. The number of carbonyl (C=O) groups excluding carboxylic acids is 3. The van der Waals surface area contributed by atoms with E-state index in [4.69, 9.17) is 0 Å². The van der Waals surface area contributed by atoms with Crippen molar-refractivity contribution < 1.29 is 14.4 Å². The van der Waals surface area contributed by atoms with Crippen LogP contribution in [-0.4, -0.2) is 47.2 Å². The molecule has 1 atom stereocenters. The van der Waals surface area contributed by atoms with Gasteiger partial charge in [0, 0.05) is 42.5 Å². The SMILES string of the molecule is Cc1nc(NC(=O)C2CCN(C(=O)[C@H]3CC(=O)N(c4ccccc4)C3)CC2)sc1C. The Labute approximate surface area is 180 Å². The lowest BCUT2D eigenvalue weighted by Crippen LogP contribution is -2.44. The Balaban J connectivity index is 1.30. The van der Waals surface area contributed by atoms with Crippen molar-refractivity contribution in [2.45, 2.75) is 33.1 Å². The van der Waals surface area contributed by atoms with E-state index in [9.17, 15) is 14.4 Å². The number of rotatable bonds is 4. The topological polar surface area (TPSA) is 82.6 Å². The number of thiazole rings is 1. The van der Waals surface area contributed by atoms with Crippen molar-refractivity contribution in [1.82, 2.24) is 9.88 Å². The van der Waals surface area contributed by atoms with Crippen LogP contribution in [0.3, 0.4) is 0 Å². The van der Waals surface area contributed by atoms with E-state index in [0.717, 1.165) is 16.3 Å². The maximum atomic E-state index is 13.0. The molecule has 0 radical (unpaired) electrons. The number of piperidine rings is 1. The number of nitrogens with one attached hydrogen (secondary N) is 1.